The Balaban J connectivity index is 0.000000383. The number of alkyl halides is 3. The number of carboxylic acids is 1. The van der Waals surface area contributed by atoms with Gasteiger partial charge in [0.2, 0.25) is 0 Å². The van der Waals surface area contributed by atoms with Crippen molar-refractivity contribution in [2.45, 2.75) is 12.6 Å². The van der Waals surface area contributed by atoms with Crippen molar-refractivity contribution in [3.8, 4) is 11.3 Å². The van der Waals surface area contributed by atoms with E-state index in [0.717, 1.165) is 34.6 Å². The fourth-order valence-electron chi connectivity index (χ4n) is 2.99. The van der Waals surface area contributed by atoms with E-state index in [1.165, 1.54) is 0 Å². The number of aliphatic carboxylic acids is 1. The van der Waals surface area contributed by atoms with Crippen molar-refractivity contribution in [1.29, 1.82) is 0 Å². The lowest BCUT2D eigenvalue weighted by Crippen LogP contribution is -2.31. The third-order valence-electron chi connectivity index (χ3n) is 4.56. The van der Waals surface area contributed by atoms with Gasteiger partial charge < -0.3 is 15.4 Å². The average Bonchev–Trinajstić information content (AvgIpc) is 3.19. The van der Waals surface area contributed by atoms with Gasteiger partial charge in [0.1, 0.15) is 0 Å². The van der Waals surface area contributed by atoms with Crippen LogP contribution in [0.15, 0.2) is 42.6 Å². The van der Waals surface area contributed by atoms with Gasteiger partial charge in [-0.2, -0.15) is 13.2 Å². The fraction of sp³-hybridized carbons (Fsp3) is 0.136. The third kappa shape index (κ3) is 6.15. The van der Waals surface area contributed by atoms with Crippen LogP contribution in [0.3, 0.4) is 0 Å². The molecule has 6 nitrogen and oxygen atoms in total. The minimum Gasteiger partial charge on any atom is -0.475 e. The number of carbonyl (C=O) groups excluding carboxylic acids is 1. The first-order valence-electron chi connectivity index (χ1n) is 9.45. The van der Waals surface area contributed by atoms with Crippen LogP contribution in [-0.2, 0) is 11.2 Å². The van der Waals surface area contributed by atoms with Crippen LogP contribution >= 0.6 is 23.2 Å². The van der Waals surface area contributed by atoms with E-state index in [9.17, 15) is 18.0 Å². The van der Waals surface area contributed by atoms with Crippen molar-refractivity contribution >= 4 is 47.2 Å². The summed E-state index contributed by atoms with van der Waals surface area (Å²) in [6.45, 7) is 0.661. The van der Waals surface area contributed by atoms with Gasteiger partial charge in [-0.05, 0) is 42.5 Å². The Kier molecular flexibility index (Phi) is 7.45. The topological polar surface area (TPSA) is 95.1 Å². The number of nitrogens with one attached hydrogen (secondary N) is 2. The minimum absolute atomic E-state index is 0.0312. The van der Waals surface area contributed by atoms with Crippen molar-refractivity contribution in [3.05, 3.63) is 75.2 Å². The molecule has 172 valence electrons. The van der Waals surface area contributed by atoms with Gasteiger partial charge in [0.05, 0.1) is 11.3 Å². The van der Waals surface area contributed by atoms with Crippen molar-refractivity contribution in [3.63, 3.8) is 0 Å². The first-order valence-corrected chi connectivity index (χ1v) is 10.2. The number of rotatable bonds is 3. The quantitative estimate of drug-likeness (QED) is 0.446. The molecule has 3 N–H and O–H groups in total. The number of benzene rings is 1. The lowest BCUT2D eigenvalue weighted by atomic mass is 10.1. The largest absolute Gasteiger partial charge is 0.490 e. The number of amides is 1. The number of hydrogen-bond acceptors (Lipinski definition) is 3. The number of H-pyrrole nitrogens is 1. The Morgan fingerprint density at radius 3 is 2.39 bits per heavy atom. The Labute approximate surface area is 196 Å². The molecule has 1 aromatic carbocycles. The number of aromatic amines is 1. The van der Waals surface area contributed by atoms with E-state index in [0.29, 0.717) is 22.2 Å². The minimum atomic E-state index is -5.08. The Hall–Kier alpha value is -3.30. The maximum atomic E-state index is 11.9. The lowest BCUT2D eigenvalue weighted by molar-refractivity contribution is -0.192. The molecule has 3 heterocycles. The summed E-state index contributed by atoms with van der Waals surface area (Å²) in [5.41, 5.74) is 5.08. The van der Waals surface area contributed by atoms with Crippen molar-refractivity contribution in [1.82, 2.24) is 15.3 Å². The number of hydrogen-bond donors (Lipinski definition) is 3. The van der Waals surface area contributed by atoms with E-state index < -0.39 is 12.1 Å². The highest BCUT2D eigenvalue weighted by Crippen LogP contribution is 2.27. The number of nitrogens with zero attached hydrogens (tertiary/aromatic N) is 1. The van der Waals surface area contributed by atoms with Crippen LogP contribution < -0.4 is 5.32 Å². The van der Waals surface area contributed by atoms with Crippen LogP contribution in [0.1, 0.15) is 27.3 Å². The molecule has 4 rings (SSSR count). The zero-order valence-corrected chi connectivity index (χ0v) is 18.2. The summed E-state index contributed by atoms with van der Waals surface area (Å²) in [4.78, 5) is 28.6. The maximum Gasteiger partial charge on any atom is 0.490 e. The molecule has 1 aliphatic rings. The predicted molar refractivity (Wildman–Crippen MR) is 119 cm³/mol. The molecule has 0 saturated heterocycles. The Bertz CT molecular complexity index is 1200. The predicted octanol–water partition coefficient (Wildman–Crippen LogP) is 5.47. The van der Waals surface area contributed by atoms with Gasteiger partial charge in [-0.3, -0.25) is 9.78 Å². The van der Waals surface area contributed by atoms with Gasteiger partial charge in [0.15, 0.2) is 0 Å². The molecule has 0 radical (unpaired) electrons. The maximum absolute atomic E-state index is 11.9. The highest BCUT2D eigenvalue weighted by atomic mass is 35.5. The second kappa shape index (κ2) is 10.1. The second-order valence-corrected chi connectivity index (χ2v) is 7.64. The molecule has 0 aliphatic carbocycles. The summed E-state index contributed by atoms with van der Waals surface area (Å²) in [7, 11) is 0. The van der Waals surface area contributed by atoms with E-state index >= 15 is 0 Å². The van der Waals surface area contributed by atoms with Crippen LogP contribution in [0, 0.1) is 0 Å². The third-order valence-corrected chi connectivity index (χ3v) is 5.22. The van der Waals surface area contributed by atoms with Gasteiger partial charge in [-0.15, -0.1) is 0 Å². The van der Waals surface area contributed by atoms with E-state index in [-0.39, 0.29) is 5.91 Å². The van der Waals surface area contributed by atoms with Gasteiger partial charge in [0.25, 0.3) is 5.91 Å². The van der Waals surface area contributed by atoms with Crippen LogP contribution in [0.4, 0.5) is 13.2 Å². The number of aromatic nitrogens is 2. The van der Waals surface area contributed by atoms with Crippen LogP contribution in [0.25, 0.3) is 23.4 Å². The zero-order valence-electron chi connectivity index (χ0n) is 16.7. The Morgan fingerprint density at radius 1 is 1.12 bits per heavy atom. The molecule has 0 unspecified atom stereocenters. The van der Waals surface area contributed by atoms with E-state index in [1.54, 1.807) is 18.3 Å². The highest BCUT2D eigenvalue weighted by Gasteiger charge is 2.38. The first-order chi connectivity index (χ1) is 15.6. The molecule has 3 aromatic rings. The molecule has 11 heteroatoms. The number of pyridine rings is 1. The van der Waals surface area contributed by atoms with Crippen molar-refractivity contribution < 1.29 is 27.9 Å². The molecular formula is C22H16Cl2F3N3O3. The summed E-state index contributed by atoms with van der Waals surface area (Å²) in [5.74, 6) is -2.79. The molecule has 0 spiro atoms. The lowest BCUT2D eigenvalue weighted by Gasteiger charge is -2.10. The monoisotopic (exact) mass is 497 g/mol. The molecule has 2 aromatic heterocycles. The molecule has 1 aliphatic heterocycles. The smallest absolute Gasteiger partial charge is 0.475 e. The summed E-state index contributed by atoms with van der Waals surface area (Å²) in [5, 5.41) is 11.2. The molecular weight excluding hydrogens is 482 g/mol. The normalized spacial score (nSPS) is 13.2. The number of halogens is 5. The average molecular weight is 498 g/mol. The zero-order chi connectivity index (χ0) is 24.2. The van der Waals surface area contributed by atoms with Crippen molar-refractivity contribution in [2.24, 2.45) is 0 Å². The molecule has 0 fully saturated rings. The molecule has 33 heavy (non-hydrogen) atoms. The van der Waals surface area contributed by atoms with Gasteiger partial charge in [-0.1, -0.05) is 29.3 Å². The summed E-state index contributed by atoms with van der Waals surface area (Å²) in [6, 6.07) is 11.2. The van der Waals surface area contributed by atoms with E-state index in [2.05, 4.69) is 15.3 Å². The molecule has 0 atom stereocenters. The van der Waals surface area contributed by atoms with Crippen LogP contribution in [-0.4, -0.2) is 39.7 Å². The van der Waals surface area contributed by atoms with Gasteiger partial charge >= 0.3 is 12.1 Å². The summed E-state index contributed by atoms with van der Waals surface area (Å²) < 4.78 is 31.7. The number of carboxylic acid groups (broad SMARTS) is 1. The standard InChI is InChI=1S/C20H15Cl2N3O.C2HF3O2/c21-16-2-1-3-17(22)14(16)5-4-13-10-12(6-8-23-13)19-11-15-18(25-19)7-9-24-20(15)26;3-2(4,5)1(6)7/h1-6,8,10-11,25H,7,9H2,(H,24,26);(H,6,7). The summed E-state index contributed by atoms with van der Waals surface area (Å²) >= 11 is 12.4. The van der Waals surface area contributed by atoms with Gasteiger partial charge in [-0.25, -0.2) is 4.79 Å². The van der Waals surface area contributed by atoms with Crippen molar-refractivity contribution in [2.75, 3.05) is 6.54 Å². The first kappa shape index (κ1) is 24.3. The number of fused-ring (bicyclic) bond motifs is 1. The molecule has 0 bridgehead atoms. The SMILES string of the molecule is O=C(O)C(F)(F)F.O=C1NCCc2[nH]c(-c3ccnc(C=Cc4c(Cl)cccc4Cl)c3)cc21. The molecule has 1 amide bonds. The van der Waals surface area contributed by atoms with Crippen LogP contribution in [0.2, 0.25) is 10.0 Å². The molecule has 0 saturated carbocycles. The van der Waals surface area contributed by atoms with E-state index in [1.807, 2.05) is 36.4 Å². The highest BCUT2D eigenvalue weighted by molar-refractivity contribution is 6.37. The van der Waals surface area contributed by atoms with Crippen LogP contribution in [0.5, 0.6) is 0 Å². The number of carbonyl (C=O) groups is 2. The Morgan fingerprint density at radius 2 is 1.79 bits per heavy atom. The van der Waals surface area contributed by atoms with E-state index in [4.69, 9.17) is 33.1 Å². The van der Waals surface area contributed by atoms with Gasteiger partial charge in [0, 0.05) is 51.7 Å². The second-order valence-electron chi connectivity index (χ2n) is 6.82. The fourth-order valence-corrected chi connectivity index (χ4v) is 3.52. The summed E-state index contributed by atoms with van der Waals surface area (Å²) in [6.07, 6.45) is 1.18.